The molecule has 100 valence electrons. The Kier molecular flexibility index (Phi) is 22.7. The largest absolute Gasteiger partial charge is 0.449 e. The maximum absolute atomic E-state index is 10.2. The van der Waals surface area contributed by atoms with E-state index >= 15 is 0 Å². The van der Waals surface area contributed by atoms with Crippen molar-refractivity contribution in [3.05, 3.63) is 0 Å². The zero-order chi connectivity index (χ0) is 11.6. The number of hydrogen-bond acceptors (Lipinski definition) is 8. The predicted octanol–water partition coefficient (Wildman–Crippen LogP) is -4.69. The van der Waals surface area contributed by atoms with Crippen LogP contribution < -0.4 is 0 Å². The summed E-state index contributed by atoms with van der Waals surface area (Å²) in [6, 6.07) is 0. The second-order valence-corrected chi connectivity index (χ2v) is 3.64. The van der Waals surface area contributed by atoms with Crippen molar-refractivity contribution in [2.45, 2.75) is 0 Å². The summed E-state index contributed by atoms with van der Waals surface area (Å²) in [5.74, 6) is -4.66. The Morgan fingerprint density at radius 3 is 1.00 bits per heavy atom. The van der Waals surface area contributed by atoms with E-state index < -0.39 is 32.7 Å². The van der Waals surface area contributed by atoms with Crippen molar-refractivity contribution < 1.29 is 109 Å². The Bertz CT molecular complexity index is 410. The summed E-state index contributed by atoms with van der Waals surface area (Å²) in [5, 5.41) is 0. The van der Waals surface area contributed by atoms with Gasteiger partial charge in [0.25, 0.3) is 0 Å². The molecule has 0 aliphatic carbocycles. The van der Waals surface area contributed by atoms with E-state index in [1.165, 1.54) is 0 Å². The van der Waals surface area contributed by atoms with Gasteiger partial charge in [0.05, 0.1) is 0 Å². The minimum atomic E-state index is -5.25. The summed E-state index contributed by atoms with van der Waals surface area (Å²) >= 11 is 0. The maximum Gasteiger partial charge on any atom is 0.449 e. The van der Waals surface area contributed by atoms with Gasteiger partial charge in [0, 0.05) is 65.4 Å². The van der Waals surface area contributed by atoms with Crippen LogP contribution in [-0.4, -0.2) is 72.6 Å². The molecule has 0 rings (SSSR count). The van der Waals surface area contributed by atoms with Gasteiger partial charge in [-0.05, 0) is 0 Å². The molecule has 10 nitrogen and oxygen atoms in total. The van der Waals surface area contributed by atoms with E-state index in [9.17, 15) is 26.4 Å². The van der Waals surface area contributed by atoms with Crippen molar-refractivity contribution >= 4 is 67.5 Å². The van der Waals surface area contributed by atoms with E-state index in [2.05, 4.69) is 8.37 Å². The van der Waals surface area contributed by atoms with Gasteiger partial charge >= 0.3 is 32.7 Å². The fourth-order valence-electron chi connectivity index (χ4n) is 0.259. The summed E-state index contributed by atoms with van der Waals surface area (Å²) in [6.07, 6.45) is 0. The second-order valence-electron chi connectivity index (χ2n) is 1.60. The summed E-state index contributed by atoms with van der Waals surface area (Å²) in [5.41, 5.74) is 0. The molecule has 0 bridgehead atoms. The molecule has 2 N–H and O–H groups in total. The van der Waals surface area contributed by atoms with Crippen LogP contribution in [0, 0.1) is 0 Å². The van der Waals surface area contributed by atoms with E-state index in [-0.39, 0.29) is 100 Å². The van der Waals surface area contributed by atoms with Gasteiger partial charge in [0.15, 0.2) is 34.7 Å². The first-order chi connectivity index (χ1) is 6.01. The standard InChI is InChI=1S/C2H2O10S2.2Al.2Y.6H/c3-1(11-13(5,6)7)2(4)12-14(8,9)10;;;;;;;;;;/h(H,5,6,7)(H,8,9,10);;;;;;;;;;. The molecule has 0 aliphatic rings. The third kappa shape index (κ3) is 20.4. The first-order valence-corrected chi connectivity index (χ1v) is 5.16. The van der Waals surface area contributed by atoms with Crippen molar-refractivity contribution in [3.63, 3.8) is 0 Å². The zero-order valence-corrected chi connectivity index (χ0v) is 14.4. The summed E-state index contributed by atoms with van der Waals surface area (Å²) in [4.78, 5) is 20.4. The normalized spacial score (nSPS) is 9.22. The van der Waals surface area contributed by atoms with Crippen LogP contribution in [0.4, 0.5) is 0 Å². The molecule has 0 heterocycles. The average Bonchev–Trinajstić information content (AvgIpc) is 1.78. The van der Waals surface area contributed by atoms with E-state index in [0.717, 1.165) is 0 Å². The summed E-state index contributed by atoms with van der Waals surface area (Å²) in [6.45, 7) is 0. The third-order valence-corrected chi connectivity index (χ3v) is 1.25. The fourth-order valence-corrected chi connectivity index (χ4v) is 0.778. The van der Waals surface area contributed by atoms with Gasteiger partial charge in [-0.15, -0.1) is 0 Å². The summed E-state index contributed by atoms with van der Waals surface area (Å²) in [7, 11) is -10.5. The van der Waals surface area contributed by atoms with Crippen molar-refractivity contribution in [1.29, 1.82) is 0 Å². The molecular weight excluding hydrogens is 480 g/mol. The van der Waals surface area contributed by atoms with Crippen LogP contribution in [0.5, 0.6) is 0 Å². The topological polar surface area (TPSA) is 161 Å². The summed E-state index contributed by atoms with van der Waals surface area (Å²) < 4.78 is 60.9. The second kappa shape index (κ2) is 12.7. The van der Waals surface area contributed by atoms with Crippen LogP contribution in [0.25, 0.3) is 0 Å². The van der Waals surface area contributed by atoms with E-state index in [1.54, 1.807) is 0 Å². The molecule has 0 saturated heterocycles. The van der Waals surface area contributed by atoms with Gasteiger partial charge in [-0.25, -0.2) is 9.59 Å². The zero-order valence-electron chi connectivity index (χ0n) is 7.13. The molecule has 0 aromatic rings. The quantitative estimate of drug-likeness (QED) is 0.220. The molecule has 0 amide bonds. The first-order valence-electron chi connectivity index (χ1n) is 2.43. The Morgan fingerprint density at radius 2 is 0.889 bits per heavy atom. The maximum atomic E-state index is 10.2. The SMILES string of the molecule is O=C(OS(=O)(=O)O)C(=O)OS(=O)(=O)O.[AlH3].[AlH3].[Y].[Y]. The molecule has 0 fully saturated rings. The van der Waals surface area contributed by atoms with Crippen molar-refractivity contribution in [2.75, 3.05) is 0 Å². The molecule has 0 saturated carbocycles. The Morgan fingerprint density at radius 1 is 0.722 bits per heavy atom. The molecule has 2 radical (unpaired) electrons. The van der Waals surface area contributed by atoms with Crippen LogP contribution in [0.3, 0.4) is 0 Å². The molecule has 0 atom stereocenters. The molecule has 0 spiro atoms. The van der Waals surface area contributed by atoms with E-state index in [4.69, 9.17) is 9.11 Å². The number of carbonyl (C=O) groups is 2. The first kappa shape index (κ1) is 32.1. The average molecular weight is 488 g/mol. The Labute approximate surface area is 174 Å². The van der Waals surface area contributed by atoms with Crippen LogP contribution >= 0.6 is 0 Å². The van der Waals surface area contributed by atoms with Crippen LogP contribution in [0.15, 0.2) is 0 Å². The third-order valence-electron chi connectivity index (χ3n) is 0.529. The van der Waals surface area contributed by atoms with Gasteiger partial charge in [-0.2, -0.15) is 16.8 Å². The Hall–Kier alpha value is 2.03. The van der Waals surface area contributed by atoms with Crippen molar-refractivity contribution in [3.8, 4) is 0 Å². The molecule has 0 aliphatic heterocycles. The molecule has 0 unspecified atom stereocenters. The van der Waals surface area contributed by atoms with Gasteiger partial charge in [0.2, 0.25) is 0 Å². The van der Waals surface area contributed by atoms with Gasteiger partial charge < -0.3 is 8.37 Å². The van der Waals surface area contributed by atoms with Gasteiger partial charge in [-0.3, -0.25) is 9.11 Å². The minimum Gasteiger partial charge on any atom is -0.315 e. The number of carbonyl (C=O) groups excluding carboxylic acids is 2. The van der Waals surface area contributed by atoms with Crippen molar-refractivity contribution in [1.82, 2.24) is 0 Å². The molecular formula is C2H8Al2O10S2Y2. The van der Waals surface area contributed by atoms with E-state index in [1.807, 2.05) is 0 Å². The number of rotatable bonds is 2. The fraction of sp³-hybridized carbons (Fsp3) is 0. The Balaban J connectivity index is -0.000000141. The molecule has 18 heavy (non-hydrogen) atoms. The molecule has 16 heteroatoms. The van der Waals surface area contributed by atoms with Gasteiger partial charge in [-0.1, -0.05) is 0 Å². The van der Waals surface area contributed by atoms with Crippen molar-refractivity contribution in [2.24, 2.45) is 0 Å². The van der Waals surface area contributed by atoms with Crippen LogP contribution in [0.2, 0.25) is 0 Å². The monoisotopic (exact) mass is 488 g/mol. The predicted molar refractivity (Wildman–Crippen MR) is 55.2 cm³/mol. The van der Waals surface area contributed by atoms with Gasteiger partial charge in [0.1, 0.15) is 0 Å². The molecule has 0 aromatic carbocycles. The van der Waals surface area contributed by atoms with Crippen LogP contribution in [-0.2, 0) is 104 Å². The minimum absolute atomic E-state index is 0. The van der Waals surface area contributed by atoms with Crippen LogP contribution in [0.1, 0.15) is 0 Å². The number of hydrogen-bond donors (Lipinski definition) is 2. The smallest absolute Gasteiger partial charge is 0.315 e. The molecule has 0 aromatic heterocycles. The van der Waals surface area contributed by atoms with E-state index in [0.29, 0.717) is 0 Å².